The molecule has 1 fully saturated rings. The summed E-state index contributed by atoms with van der Waals surface area (Å²) in [6.07, 6.45) is 0. The van der Waals surface area contributed by atoms with Gasteiger partial charge >= 0.3 is 0 Å². The summed E-state index contributed by atoms with van der Waals surface area (Å²) in [7, 11) is 1.67. The van der Waals surface area contributed by atoms with Crippen molar-refractivity contribution in [1.82, 2.24) is 10.2 Å². The summed E-state index contributed by atoms with van der Waals surface area (Å²) in [6.45, 7) is 4.19. The van der Waals surface area contributed by atoms with Crippen molar-refractivity contribution in [3.8, 4) is 5.75 Å². The Bertz CT molecular complexity index is 711. The number of hydrogen-bond donors (Lipinski definition) is 1. The Morgan fingerprint density at radius 3 is 2.31 bits per heavy atom. The summed E-state index contributed by atoms with van der Waals surface area (Å²) in [5.74, 6) is 1.00. The minimum atomic E-state index is 0.147. The van der Waals surface area contributed by atoms with Crippen LogP contribution >= 0.6 is 11.6 Å². The molecule has 0 aromatic heterocycles. The highest BCUT2D eigenvalue weighted by Gasteiger charge is 2.20. The van der Waals surface area contributed by atoms with E-state index in [9.17, 15) is 4.79 Å². The lowest BCUT2D eigenvalue weighted by molar-refractivity contribution is -0.130. The van der Waals surface area contributed by atoms with E-state index in [1.807, 2.05) is 41.3 Å². The largest absolute Gasteiger partial charge is 0.497 e. The molecule has 1 aliphatic heterocycles. The zero-order chi connectivity index (χ0) is 18.4. The van der Waals surface area contributed by atoms with Crippen LogP contribution in [0.1, 0.15) is 5.56 Å². The smallest absolute Gasteiger partial charge is 0.236 e. The first-order valence-electron chi connectivity index (χ1n) is 8.77. The van der Waals surface area contributed by atoms with Crippen molar-refractivity contribution in [1.29, 1.82) is 0 Å². The van der Waals surface area contributed by atoms with Crippen LogP contribution in [0.3, 0.4) is 0 Å². The minimum absolute atomic E-state index is 0.147. The van der Waals surface area contributed by atoms with Gasteiger partial charge in [-0.2, -0.15) is 0 Å². The predicted molar refractivity (Wildman–Crippen MR) is 105 cm³/mol. The highest BCUT2D eigenvalue weighted by atomic mass is 35.5. The number of methoxy groups -OCH3 is 1. The van der Waals surface area contributed by atoms with Crippen LogP contribution in [-0.2, 0) is 11.3 Å². The van der Waals surface area contributed by atoms with E-state index in [0.29, 0.717) is 13.1 Å². The molecule has 1 N–H and O–H groups in total. The fourth-order valence-corrected chi connectivity index (χ4v) is 3.16. The second-order valence-corrected chi connectivity index (χ2v) is 6.73. The van der Waals surface area contributed by atoms with Gasteiger partial charge in [0, 0.05) is 43.4 Å². The van der Waals surface area contributed by atoms with Crippen molar-refractivity contribution in [2.75, 3.05) is 44.7 Å². The molecule has 0 unspecified atom stereocenters. The van der Waals surface area contributed by atoms with Gasteiger partial charge in [-0.25, -0.2) is 0 Å². The Hall–Kier alpha value is -2.24. The molecule has 0 aliphatic carbocycles. The molecule has 0 radical (unpaired) electrons. The molecule has 0 atom stereocenters. The SMILES string of the molecule is COc1ccc(N2CCN(C(=O)CNCc3ccc(Cl)cc3)CC2)cc1. The van der Waals surface area contributed by atoms with E-state index in [-0.39, 0.29) is 5.91 Å². The summed E-state index contributed by atoms with van der Waals surface area (Å²) in [5.41, 5.74) is 2.28. The fourth-order valence-electron chi connectivity index (χ4n) is 3.03. The summed E-state index contributed by atoms with van der Waals surface area (Å²) in [5, 5.41) is 3.93. The third-order valence-electron chi connectivity index (χ3n) is 4.59. The van der Waals surface area contributed by atoms with Crippen molar-refractivity contribution in [3.05, 3.63) is 59.1 Å². The monoisotopic (exact) mass is 373 g/mol. The Labute approximate surface area is 159 Å². The summed E-state index contributed by atoms with van der Waals surface area (Å²) >= 11 is 5.88. The molecule has 1 heterocycles. The van der Waals surface area contributed by atoms with Gasteiger partial charge in [-0.1, -0.05) is 23.7 Å². The van der Waals surface area contributed by atoms with Crippen molar-refractivity contribution < 1.29 is 9.53 Å². The van der Waals surface area contributed by atoms with Crippen LogP contribution in [0.5, 0.6) is 5.75 Å². The number of benzene rings is 2. The van der Waals surface area contributed by atoms with Gasteiger partial charge in [-0.05, 0) is 42.0 Å². The zero-order valence-electron chi connectivity index (χ0n) is 15.0. The molecule has 0 saturated carbocycles. The molecule has 5 nitrogen and oxygen atoms in total. The Morgan fingerprint density at radius 1 is 1.04 bits per heavy atom. The van der Waals surface area contributed by atoms with Gasteiger partial charge in [-0.15, -0.1) is 0 Å². The highest BCUT2D eigenvalue weighted by Crippen LogP contribution is 2.20. The average Bonchev–Trinajstić information content (AvgIpc) is 2.69. The molecule has 1 amide bonds. The van der Waals surface area contributed by atoms with E-state index >= 15 is 0 Å². The van der Waals surface area contributed by atoms with Gasteiger partial charge in [0.1, 0.15) is 5.75 Å². The van der Waals surface area contributed by atoms with Crippen molar-refractivity contribution in [2.24, 2.45) is 0 Å². The zero-order valence-corrected chi connectivity index (χ0v) is 15.7. The highest BCUT2D eigenvalue weighted by molar-refractivity contribution is 6.30. The number of amides is 1. The maximum Gasteiger partial charge on any atom is 0.236 e. The van der Waals surface area contributed by atoms with Crippen LogP contribution in [0.2, 0.25) is 5.02 Å². The fraction of sp³-hybridized carbons (Fsp3) is 0.350. The van der Waals surface area contributed by atoms with E-state index in [1.165, 1.54) is 5.69 Å². The summed E-state index contributed by atoms with van der Waals surface area (Å²) < 4.78 is 5.20. The van der Waals surface area contributed by atoms with Gasteiger partial charge in [-0.3, -0.25) is 4.79 Å². The first-order chi connectivity index (χ1) is 12.7. The first-order valence-corrected chi connectivity index (χ1v) is 9.15. The molecule has 2 aromatic rings. The Balaban J connectivity index is 1.42. The average molecular weight is 374 g/mol. The number of hydrogen-bond acceptors (Lipinski definition) is 4. The van der Waals surface area contributed by atoms with Crippen LogP contribution in [0.4, 0.5) is 5.69 Å². The van der Waals surface area contributed by atoms with E-state index in [0.717, 1.165) is 42.5 Å². The standard InChI is InChI=1S/C20H24ClN3O2/c1-26-19-8-6-18(7-9-19)23-10-12-24(13-11-23)20(25)15-22-14-16-2-4-17(21)5-3-16/h2-9,22H,10-15H2,1H3. The maximum absolute atomic E-state index is 12.4. The predicted octanol–water partition coefficient (Wildman–Crippen LogP) is 2.79. The molecule has 2 aromatic carbocycles. The van der Waals surface area contributed by atoms with Gasteiger partial charge in [0.25, 0.3) is 0 Å². The topological polar surface area (TPSA) is 44.8 Å². The lowest BCUT2D eigenvalue weighted by Crippen LogP contribution is -2.50. The summed E-state index contributed by atoms with van der Waals surface area (Å²) in [6, 6.07) is 15.7. The van der Waals surface area contributed by atoms with Gasteiger partial charge < -0.3 is 19.9 Å². The number of nitrogens with one attached hydrogen (secondary N) is 1. The lowest BCUT2D eigenvalue weighted by atomic mass is 10.2. The number of anilines is 1. The van der Waals surface area contributed by atoms with Crippen molar-refractivity contribution in [3.63, 3.8) is 0 Å². The Morgan fingerprint density at radius 2 is 1.69 bits per heavy atom. The van der Waals surface area contributed by atoms with Crippen LogP contribution in [0.15, 0.2) is 48.5 Å². The van der Waals surface area contributed by atoms with Crippen molar-refractivity contribution in [2.45, 2.75) is 6.54 Å². The van der Waals surface area contributed by atoms with E-state index in [4.69, 9.17) is 16.3 Å². The number of piperazine rings is 1. The second kappa shape index (κ2) is 8.92. The van der Waals surface area contributed by atoms with Crippen LogP contribution in [-0.4, -0.2) is 50.6 Å². The first kappa shape index (κ1) is 18.5. The third kappa shape index (κ3) is 4.90. The van der Waals surface area contributed by atoms with Crippen LogP contribution in [0, 0.1) is 0 Å². The second-order valence-electron chi connectivity index (χ2n) is 6.30. The molecule has 26 heavy (non-hydrogen) atoms. The quantitative estimate of drug-likeness (QED) is 0.845. The number of carbonyl (C=O) groups is 1. The summed E-state index contributed by atoms with van der Waals surface area (Å²) in [4.78, 5) is 16.6. The maximum atomic E-state index is 12.4. The molecule has 6 heteroatoms. The van der Waals surface area contributed by atoms with Gasteiger partial charge in [0.2, 0.25) is 5.91 Å². The third-order valence-corrected chi connectivity index (χ3v) is 4.84. The molecule has 1 aliphatic rings. The molecule has 0 bridgehead atoms. The van der Waals surface area contributed by atoms with E-state index < -0.39 is 0 Å². The minimum Gasteiger partial charge on any atom is -0.497 e. The Kier molecular flexibility index (Phi) is 6.36. The van der Waals surface area contributed by atoms with Crippen molar-refractivity contribution >= 4 is 23.2 Å². The van der Waals surface area contributed by atoms with Gasteiger partial charge in [0.05, 0.1) is 13.7 Å². The van der Waals surface area contributed by atoms with Gasteiger partial charge in [0.15, 0.2) is 0 Å². The lowest BCUT2D eigenvalue weighted by Gasteiger charge is -2.36. The number of ether oxygens (including phenoxy) is 1. The molecular formula is C20H24ClN3O2. The van der Waals surface area contributed by atoms with E-state index in [2.05, 4.69) is 22.3 Å². The normalized spacial score (nSPS) is 14.4. The van der Waals surface area contributed by atoms with E-state index in [1.54, 1.807) is 7.11 Å². The number of rotatable bonds is 6. The number of halogens is 1. The number of carbonyl (C=O) groups excluding carboxylic acids is 1. The molecule has 1 saturated heterocycles. The molecular weight excluding hydrogens is 350 g/mol. The molecule has 3 rings (SSSR count). The molecule has 138 valence electrons. The number of nitrogens with zero attached hydrogens (tertiary/aromatic N) is 2. The van der Waals surface area contributed by atoms with Crippen LogP contribution in [0.25, 0.3) is 0 Å². The molecule has 0 spiro atoms. The van der Waals surface area contributed by atoms with Crippen LogP contribution < -0.4 is 15.0 Å².